The first-order valence-electron chi connectivity index (χ1n) is 6.03. The molecule has 0 aliphatic carbocycles. The van der Waals surface area contributed by atoms with Crippen molar-refractivity contribution in [2.24, 2.45) is 0 Å². The minimum atomic E-state index is 0.180. The van der Waals surface area contributed by atoms with Gasteiger partial charge in [0.25, 0.3) is 0 Å². The molecule has 0 aliphatic rings. The van der Waals surface area contributed by atoms with Crippen LogP contribution in [0.25, 0.3) is 0 Å². The molecular formula is C15H18N2O. The Hall–Kier alpha value is -2.03. The summed E-state index contributed by atoms with van der Waals surface area (Å²) in [5, 5.41) is 3.43. The van der Waals surface area contributed by atoms with E-state index in [9.17, 15) is 0 Å². The van der Waals surface area contributed by atoms with Crippen molar-refractivity contribution in [2.45, 2.75) is 19.9 Å². The fourth-order valence-corrected chi connectivity index (χ4v) is 1.92. The number of hydrogen-bond donors (Lipinski definition) is 1. The summed E-state index contributed by atoms with van der Waals surface area (Å²) in [4.78, 5) is 4.34. The molecule has 1 aromatic carbocycles. The van der Waals surface area contributed by atoms with Gasteiger partial charge in [0.05, 0.1) is 18.8 Å². The average molecular weight is 242 g/mol. The van der Waals surface area contributed by atoms with E-state index in [1.54, 1.807) is 7.11 Å². The van der Waals surface area contributed by atoms with Crippen LogP contribution in [0.1, 0.15) is 24.2 Å². The molecule has 0 spiro atoms. The molecule has 0 aliphatic heterocycles. The SMILES string of the molecule is COc1ccc(NC(C)c2ccccn2)cc1C. The number of hydrogen-bond acceptors (Lipinski definition) is 3. The molecule has 1 atom stereocenters. The van der Waals surface area contributed by atoms with Crippen LogP contribution in [0, 0.1) is 6.92 Å². The number of benzene rings is 1. The van der Waals surface area contributed by atoms with Crippen LogP contribution in [0.5, 0.6) is 5.75 Å². The predicted octanol–water partition coefficient (Wildman–Crippen LogP) is 3.57. The highest BCUT2D eigenvalue weighted by molar-refractivity contribution is 5.51. The highest BCUT2D eigenvalue weighted by Gasteiger charge is 2.07. The second kappa shape index (κ2) is 5.54. The van der Waals surface area contributed by atoms with E-state index in [0.717, 1.165) is 22.7 Å². The lowest BCUT2D eigenvalue weighted by Gasteiger charge is -2.16. The highest BCUT2D eigenvalue weighted by atomic mass is 16.5. The van der Waals surface area contributed by atoms with Gasteiger partial charge in [-0.25, -0.2) is 0 Å². The fourth-order valence-electron chi connectivity index (χ4n) is 1.92. The summed E-state index contributed by atoms with van der Waals surface area (Å²) >= 11 is 0. The van der Waals surface area contributed by atoms with Crippen LogP contribution in [0.3, 0.4) is 0 Å². The number of aromatic nitrogens is 1. The smallest absolute Gasteiger partial charge is 0.121 e. The first-order valence-corrected chi connectivity index (χ1v) is 6.03. The third-order valence-electron chi connectivity index (χ3n) is 2.91. The van der Waals surface area contributed by atoms with Crippen LogP contribution in [0.4, 0.5) is 5.69 Å². The first-order chi connectivity index (χ1) is 8.70. The van der Waals surface area contributed by atoms with Crippen molar-refractivity contribution >= 4 is 5.69 Å². The number of methoxy groups -OCH3 is 1. The molecule has 0 amide bonds. The van der Waals surface area contributed by atoms with E-state index in [4.69, 9.17) is 4.74 Å². The molecule has 3 heteroatoms. The Labute approximate surface area is 108 Å². The lowest BCUT2D eigenvalue weighted by atomic mass is 10.1. The van der Waals surface area contributed by atoms with Gasteiger partial charge < -0.3 is 10.1 Å². The Morgan fingerprint density at radius 3 is 2.67 bits per heavy atom. The van der Waals surface area contributed by atoms with Crippen LogP contribution in [-0.4, -0.2) is 12.1 Å². The molecule has 0 bridgehead atoms. The number of anilines is 1. The zero-order chi connectivity index (χ0) is 13.0. The molecule has 0 fully saturated rings. The van der Waals surface area contributed by atoms with Crippen molar-refractivity contribution in [2.75, 3.05) is 12.4 Å². The molecule has 2 aromatic rings. The Kier molecular flexibility index (Phi) is 3.82. The third kappa shape index (κ3) is 2.80. The molecule has 2 rings (SSSR count). The van der Waals surface area contributed by atoms with Gasteiger partial charge in [0, 0.05) is 11.9 Å². The van der Waals surface area contributed by atoms with E-state index in [1.165, 1.54) is 0 Å². The highest BCUT2D eigenvalue weighted by Crippen LogP contribution is 2.24. The van der Waals surface area contributed by atoms with Crippen molar-refractivity contribution < 1.29 is 4.74 Å². The van der Waals surface area contributed by atoms with Crippen LogP contribution >= 0.6 is 0 Å². The van der Waals surface area contributed by atoms with Gasteiger partial charge in [0.1, 0.15) is 5.75 Å². The summed E-state index contributed by atoms with van der Waals surface area (Å²) in [6.07, 6.45) is 1.81. The summed E-state index contributed by atoms with van der Waals surface area (Å²) in [5.41, 5.74) is 3.23. The van der Waals surface area contributed by atoms with Crippen molar-refractivity contribution in [1.82, 2.24) is 4.98 Å². The van der Waals surface area contributed by atoms with Gasteiger partial charge in [0.15, 0.2) is 0 Å². The van der Waals surface area contributed by atoms with E-state index >= 15 is 0 Å². The van der Waals surface area contributed by atoms with Crippen LogP contribution in [0.15, 0.2) is 42.6 Å². The number of nitrogens with zero attached hydrogens (tertiary/aromatic N) is 1. The molecule has 18 heavy (non-hydrogen) atoms. The molecule has 3 nitrogen and oxygen atoms in total. The topological polar surface area (TPSA) is 34.1 Å². The zero-order valence-corrected chi connectivity index (χ0v) is 11.0. The normalized spacial score (nSPS) is 11.9. The van der Waals surface area contributed by atoms with E-state index in [-0.39, 0.29) is 6.04 Å². The van der Waals surface area contributed by atoms with E-state index in [2.05, 4.69) is 23.3 Å². The van der Waals surface area contributed by atoms with Crippen LogP contribution < -0.4 is 10.1 Å². The maximum atomic E-state index is 5.25. The number of nitrogens with one attached hydrogen (secondary N) is 1. The minimum absolute atomic E-state index is 0.180. The maximum Gasteiger partial charge on any atom is 0.121 e. The first kappa shape index (κ1) is 12.4. The second-order valence-corrected chi connectivity index (χ2v) is 4.31. The average Bonchev–Trinajstić information content (AvgIpc) is 2.40. The summed E-state index contributed by atoms with van der Waals surface area (Å²) in [6.45, 7) is 4.14. The largest absolute Gasteiger partial charge is 0.496 e. The van der Waals surface area contributed by atoms with E-state index in [0.29, 0.717) is 0 Å². The lowest BCUT2D eigenvalue weighted by Crippen LogP contribution is -2.08. The Bertz CT molecular complexity index is 511. The van der Waals surface area contributed by atoms with Gasteiger partial charge in [-0.1, -0.05) is 6.07 Å². The molecule has 1 heterocycles. The summed E-state index contributed by atoms with van der Waals surface area (Å²) in [5.74, 6) is 0.908. The predicted molar refractivity (Wildman–Crippen MR) is 74.0 cm³/mol. The zero-order valence-electron chi connectivity index (χ0n) is 11.0. The molecule has 1 N–H and O–H groups in total. The number of ether oxygens (including phenoxy) is 1. The van der Waals surface area contributed by atoms with Gasteiger partial charge in [-0.2, -0.15) is 0 Å². The monoisotopic (exact) mass is 242 g/mol. The Morgan fingerprint density at radius 2 is 2.06 bits per heavy atom. The van der Waals surface area contributed by atoms with E-state index < -0.39 is 0 Å². The second-order valence-electron chi connectivity index (χ2n) is 4.31. The maximum absolute atomic E-state index is 5.25. The van der Waals surface area contributed by atoms with Gasteiger partial charge in [-0.3, -0.25) is 4.98 Å². The minimum Gasteiger partial charge on any atom is -0.496 e. The molecule has 0 radical (unpaired) electrons. The Balaban J connectivity index is 2.12. The standard InChI is InChI=1S/C15H18N2O/c1-11-10-13(7-8-15(11)18-3)17-12(2)14-6-4-5-9-16-14/h4-10,12,17H,1-3H3. The van der Waals surface area contributed by atoms with Crippen LogP contribution in [-0.2, 0) is 0 Å². The van der Waals surface area contributed by atoms with Crippen molar-refractivity contribution in [3.63, 3.8) is 0 Å². The van der Waals surface area contributed by atoms with Gasteiger partial charge in [-0.15, -0.1) is 0 Å². The lowest BCUT2D eigenvalue weighted by molar-refractivity contribution is 0.412. The van der Waals surface area contributed by atoms with Gasteiger partial charge in [-0.05, 0) is 49.7 Å². The molecule has 0 saturated carbocycles. The van der Waals surface area contributed by atoms with Crippen molar-refractivity contribution in [3.8, 4) is 5.75 Å². The number of rotatable bonds is 4. The number of aryl methyl sites for hydroxylation is 1. The molecule has 1 unspecified atom stereocenters. The summed E-state index contributed by atoms with van der Waals surface area (Å²) < 4.78 is 5.25. The molecule has 0 saturated heterocycles. The molecule has 94 valence electrons. The summed E-state index contributed by atoms with van der Waals surface area (Å²) in [6, 6.07) is 12.2. The quantitative estimate of drug-likeness (QED) is 0.890. The van der Waals surface area contributed by atoms with Crippen molar-refractivity contribution in [1.29, 1.82) is 0 Å². The molecular weight excluding hydrogens is 224 g/mol. The molecule has 1 aromatic heterocycles. The fraction of sp³-hybridized carbons (Fsp3) is 0.267. The third-order valence-corrected chi connectivity index (χ3v) is 2.91. The van der Waals surface area contributed by atoms with Crippen molar-refractivity contribution in [3.05, 3.63) is 53.9 Å². The van der Waals surface area contributed by atoms with E-state index in [1.807, 2.05) is 43.5 Å². The number of pyridine rings is 1. The van der Waals surface area contributed by atoms with Gasteiger partial charge in [0.2, 0.25) is 0 Å². The van der Waals surface area contributed by atoms with Crippen LogP contribution in [0.2, 0.25) is 0 Å². The van der Waals surface area contributed by atoms with Gasteiger partial charge >= 0.3 is 0 Å². The summed E-state index contributed by atoms with van der Waals surface area (Å²) in [7, 11) is 1.69. The Morgan fingerprint density at radius 1 is 1.22 bits per heavy atom.